The van der Waals surface area contributed by atoms with Crippen molar-refractivity contribution in [2.45, 2.75) is 75.9 Å². The Kier molecular flexibility index (Phi) is 10.3. The van der Waals surface area contributed by atoms with Gasteiger partial charge in [-0.15, -0.1) is 0 Å². The fourth-order valence-electron chi connectivity index (χ4n) is 9.64. The molecular formula is C45H53N5O5. The number of nitrogens with one attached hydrogen (secondary N) is 1. The molecule has 3 unspecified atom stereocenters. The number of aliphatic hydroxyl groups is 1. The third-order valence-electron chi connectivity index (χ3n) is 12.9. The van der Waals surface area contributed by atoms with E-state index in [-0.39, 0.29) is 24.2 Å². The van der Waals surface area contributed by atoms with Crippen molar-refractivity contribution < 1.29 is 24.6 Å². The van der Waals surface area contributed by atoms with Gasteiger partial charge in [0, 0.05) is 81.7 Å². The summed E-state index contributed by atoms with van der Waals surface area (Å²) >= 11 is 0. The lowest BCUT2D eigenvalue weighted by Crippen LogP contribution is -2.55. The van der Waals surface area contributed by atoms with Gasteiger partial charge in [-0.1, -0.05) is 48.5 Å². The second-order valence-electron chi connectivity index (χ2n) is 16.3. The highest BCUT2D eigenvalue weighted by atomic mass is 16.3. The van der Waals surface area contributed by atoms with Crippen LogP contribution in [-0.2, 0) is 20.8 Å². The number of piperazine rings is 1. The number of likely N-dealkylation sites (tertiary alicyclic amines) is 1. The molecule has 0 radical (unpaired) electrons. The van der Waals surface area contributed by atoms with Crippen LogP contribution in [0, 0.1) is 0 Å². The van der Waals surface area contributed by atoms with Crippen LogP contribution in [-0.4, -0.2) is 107 Å². The van der Waals surface area contributed by atoms with Gasteiger partial charge in [0.15, 0.2) is 0 Å². The minimum absolute atomic E-state index is 0.149. The van der Waals surface area contributed by atoms with Gasteiger partial charge in [-0.2, -0.15) is 0 Å². The highest BCUT2D eigenvalue weighted by Crippen LogP contribution is 2.47. The highest BCUT2D eigenvalue weighted by Gasteiger charge is 2.40. The number of amides is 3. The number of piperidine rings is 2. The zero-order chi connectivity index (χ0) is 38.3. The van der Waals surface area contributed by atoms with E-state index in [0.717, 1.165) is 63.4 Å². The number of nitrogens with zero attached hydrogens (tertiary/aromatic N) is 4. The Labute approximate surface area is 324 Å². The normalized spacial score (nSPS) is 25.0. The van der Waals surface area contributed by atoms with Crippen LogP contribution in [0.1, 0.15) is 80.0 Å². The van der Waals surface area contributed by atoms with Crippen LogP contribution in [0.4, 0.5) is 5.69 Å². The Morgan fingerprint density at radius 1 is 0.873 bits per heavy atom. The van der Waals surface area contributed by atoms with E-state index in [1.807, 2.05) is 19.1 Å². The molecule has 4 aliphatic heterocycles. The SMILES string of the molecule is CC1=C(/C=C(\C)N2CCC(O)(CN3CCN(c4ccc(C5c6ccc(O)cc6CCC5c5ccccc5)cc4)CC3)CC2)CN(C2CCC(=O)NC2=O)C1=O. The molecule has 3 saturated heterocycles. The van der Waals surface area contributed by atoms with Crippen LogP contribution in [0.15, 0.2) is 95.7 Å². The molecule has 3 atom stereocenters. The van der Waals surface area contributed by atoms with Gasteiger partial charge in [-0.05, 0) is 110 Å². The summed E-state index contributed by atoms with van der Waals surface area (Å²) < 4.78 is 0. The first-order chi connectivity index (χ1) is 26.5. The molecule has 3 aromatic rings. The summed E-state index contributed by atoms with van der Waals surface area (Å²) in [6.07, 6.45) is 6.00. The lowest BCUT2D eigenvalue weighted by Gasteiger charge is -2.44. The van der Waals surface area contributed by atoms with Crippen molar-refractivity contribution in [2.75, 3.05) is 57.3 Å². The number of fused-ring (bicyclic) bond motifs is 1. The van der Waals surface area contributed by atoms with Gasteiger partial charge >= 0.3 is 0 Å². The van der Waals surface area contributed by atoms with Crippen LogP contribution < -0.4 is 10.2 Å². The summed E-state index contributed by atoms with van der Waals surface area (Å²) in [5.41, 5.74) is 8.29. The molecule has 3 fully saturated rings. The van der Waals surface area contributed by atoms with Gasteiger partial charge in [-0.3, -0.25) is 24.6 Å². The molecule has 55 heavy (non-hydrogen) atoms. The number of aromatic hydroxyl groups is 1. The quantitative estimate of drug-likeness (QED) is 0.274. The van der Waals surface area contributed by atoms with Crippen LogP contribution in [0.5, 0.6) is 5.75 Å². The molecule has 1 aliphatic carbocycles. The first-order valence-electron chi connectivity index (χ1n) is 20.0. The lowest BCUT2D eigenvalue weighted by molar-refractivity contribution is -0.142. The van der Waals surface area contributed by atoms with E-state index < -0.39 is 17.6 Å². The molecule has 10 nitrogen and oxygen atoms in total. The van der Waals surface area contributed by atoms with Crippen LogP contribution in [0.25, 0.3) is 0 Å². The second kappa shape index (κ2) is 15.3. The van der Waals surface area contributed by atoms with Crippen molar-refractivity contribution in [2.24, 2.45) is 0 Å². The molecule has 4 heterocycles. The third-order valence-corrected chi connectivity index (χ3v) is 12.9. The van der Waals surface area contributed by atoms with Crippen molar-refractivity contribution in [3.63, 3.8) is 0 Å². The number of β-amino-alcohol motifs (C(OH)–C–C–N with tert-alkyl or cyclic N) is 1. The fourth-order valence-corrected chi connectivity index (χ4v) is 9.64. The van der Waals surface area contributed by atoms with Gasteiger partial charge in [-0.25, -0.2) is 0 Å². The number of carbonyl (C=O) groups is 3. The molecule has 0 saturated carbocycles. The maximum absolute atomic E-state index is 13.1. The molecule has 3 aromatic carbocycles. The number of hydrogen-bond acceptors (Lipinski definition) is 8. The van der Waals surface area contributed by atoms with Gasteiger partial charge in [0.2, 0.25) is 11.8 Å². The van der Waals surface area contributed by atoms with Gasteiger partial charge in [0.25, 0.3) is 5.91 Å². The smallest absolute Gasteiger partial charge is 0.250 e. The average Bonchev–Trinajstić information content (AvgIpc) is 3.46. The Hall–Kier alpha value is -4.93. The van der Waals surface area contributed by atoms with Crippen molar-refractivity contribution in [3.05, 3.63) is 118 Å². The number of rotatable bonds is 8. The molecule has 5 aliphatic rings. The monoisotopic (exact) mass is 743 g/mol. The molecule has 0 bridgehead atoms. The predicted molar refractivity (Wildman–Crippen MR) is 213 cm³/mol. The number of allylic oxidation sites excluding steroid dienone is 1. The van der Waals surface area contributed by atoms with Crippen LogP contribution in [0.3, 0.4) is 0 Å². The van der Waals surface area contributed by atoms with E-state index >= 15 is 0 Å². The van der Waals surface area contributed by atoms with E-state index in [2.05, 4.69) is 93.7 Å². The molecule has 3 N–H and O–H groups in total. The first-order valence-corrected chi connectivity index (χ1v) is 20.0. The molecular weight excluding hydrogens is 691 g/mol. The Bertz CT molecular complexity index is 1990. The van der Waals surface area contributed by atoms with Gasteiger partial charge < -0.3 is 24.9 Å². The number of imide groups is 1. The molecule has 3 amide bonds. The average molecular weight is 744 g/mol. The van der Waals surface area contributed by atoms with Crippen LogP contribution >= 0.6 is 0 Å². The Balaban J connectivity index is 0.848. The minimum atomic E-state index is -0.746. The summed E-state index contributed by atoms with van der Waals surface area (Å²) in [6, 6.07) is 25.2. The zero-order valence-electron chi connectivity index (χ0n) is 32.0. The largest absolute Gasteiger partial charge is 0.508 e. The number of phenols is 1. The molecule has 8 rings (SSSR count). The molecule has 0 spiro atoms. The Morgan fingerprint density at radius 3 is 2.31 bits per heavy atom. The van der Waals surface area contributed by atoms with Gasteiger partial charge in [0.1, 0.15) is 11.8 Å². The first kappa shape index (κ1) is 37.0. The van der Waals surface area contributed by atoms with Gasteiger partial charge in [0.05, 0.1) is 5.60 Å². The summed E-state index contributed by atoms with van der Waals surface area (Å²) in [5, 5.41) is 24.3. The highest BCUT2D eigenvalue weighted by molar-refractivity contribution is 6.05. The van der Waals surface area contributed by atoms with Crippen molar-refractivity contribution >= 4 is 23.4 Å². The molecule has 10 heteroatoms. The van der Waals surface area contributed by atoms with E-state index in [0.29, 0.717) is 49.6 Å². The fraction of sp³-hybridized carbons (Fsp3) is 0.444. The maximum Gasteiger partial charge on any atom is 0.250 e. The maximum atomic E-state index is 13.1. The molecule has 0 aromatic heterocycles. The number of carbonyl (C=O) groups excluding carboxylic acids is 3. The van der Waals surface area contributed by atoms with E-state index in [1.54, 1.807) is 4.90 Å². The predicted octanol–water partition coefficient (Wildman–Crippen LogP) is 5.07. The van der Waals surface area contributed by atoms with E-state index in [4.69, 9.17) is 0 Å². The number of anilines is 1. The summed E-state index contributed by atoms with van der Waals surface area (Å²) in [6.45, 7) is 9.96. The van der Waals surface area contributed by atoms with Crippen molar-refractivity contribution in [1.29, 1.82) is 0 Å². The third kappa shape index (κ3) is 7.67. The van der Waals surface area contributed by atoms with Crippen LogP contribution in [0.2, 0.25) is 0 Å². The summed E-state index contributed by atoms with van der Waals surface area (Å²) in [5.74, 6) is 0.109. The lowest BCUT2D eigenvalue weighted by atomic mass is 9.69. The molecule has 288 valence electrons. The minimum Gasteiger partial charge on any atom is -0.508 e. The summed E-state index contributed by atoms with van der Waals surface area (Å²) in [4.78, 5) is 45.9. The summed E-state index contributed by atoms with van der Waals surface area (Å²) in [7, 11) is 0. The number of phenolic OH excluding ortho intramolecular Hbond substituents is 1. The number of aryl methyl sites for hydroxylation is 1. The Morgan fingerprint density at radius 2 is 1.60 bits per heavy atom. The number of hydrogen-bond donors (Lipinski definition) is 3. The van der Waals surface area contributed by atoms with Crippen molar-refractivity contribution in [1.82, 2.24) is 20.0 Å². The van der Waals surface area contributed by atoms with Crippen molar-refractivity contribution in [3.8, 4) is 5.75 Å². The second-order valence-corrected chi connectivity index (χ2v) is 16.3. The van der Waals surface area contributed by atoms with E-state index in [9.17, 15) is 24.6 Å². The zero-order valence-corrected chi connectivity index (χ0v) is 32.0. The number of benzene rings is 3. The topological polar surface area (TPSA) is 117 Å². The van der Waals surface area contributed by atoms with E-state index in [1.165, 1.54) is 27.9 Å². The standard InChI is InChI=1S/C45H53N5O5/c1-30(26-35-28-50(44(54)31(35)2)40-16-17-41(52)46-43(40)53)48-20-18-45(55,19-21-48)29-47-22-24-49(25-23-47)36-11-8-33(9-12-36)42-38(32-6-4-3-5-7-32)14-10-34-27-37(51)13-15-39(34)42/h3-9,11-13,15,26-27,38,40,42,51,55H,10,14,16-25,28-29H2,1-2H3,(H,46,52,53)/b30-26+.